The Kier molecular flexibility index (Phi) is 9.79. The molecule has 0 saturated heterocycles. The van der Waals surface area contributed by atoms with Crippen molar-refractivity contribution < 1.29 is 23.9 Å². The first-order valence-electron chi connectivity index (χ1n) is 11.3. The number of halogens is 1. The summed E-state index contributed by atoms with van der Waals surface area (Å²) in [5, 5.41) is 9.17. The number of aryl methyl sites for hydroxylation is 2. The highest BCUT2D eigenvalue weighted by molar-refractivity contribution is 9.10. The van der Waals surface area contributed by atoms with E-state index in [0.717, 1.165) is 21.2 Å². The minimum Gasteiger partial charge on any atom is -0.493 e. The second-order valence-electron chi connectivity index (χ2n) is 8.07. The molecule has 0 aromatic heterocycles. The van der Waals surface area contributed by atoms with Crippen LogP contribution in [-0.4, -0.2) is 37.7 Å². The number of hydrogen-bond donors (Lipinski definition) is 3. The van der Waals surface area contributed by atoms with E-state index in [2.05, 4.69) is 37.1 Å². The van der Waals surface area contributed by atoms with Gasteiger partial charge in [-0.15, -0.1) is 0 Å². The van der Waals surface area contributed by atoms with E-state index in [1.807, 2.05) is 50.2 Å². The van der Waals surface area contributed by atoms with Crippen LogP contribution in [0.15, 0.2) is 70.2 Å². The molecule has 3 amide bonds. The van der Waals surface area contributed by atoms with Gasteiger partial charge in [-0.1, -0.05) is 45.8 Å². The monoisotopic (exact) mass is 566 g/mol. The van der Waals surface area contributed by atoms with Crippen molar-refractivity contribution >= 4 is 45.6 Å². The molecular weight excluding hydrogens is 540 g/mol. The van der Waals surface area contributed by atoms with Gasteiger partial charge in [-0.25, -0.2) is 5.43 Å². The fraction of sp³-hybridized carbons (Fsp3) is 0.185. The van der Waals surface area contributed by atoms with E-state index in [1.165, 1.54) is 13.3 Å². The number of anilines is 1. The van der Waals surface area contributed by atoms with Crippen molar-refractivity contribution in [1.82, 2.24) is 10.7 Å². The summed E-state index contributed by atoms with van der Waals surface area (Å²) in [6, 6.07) is 18.1. The SMILES string of the molecule is COc1cc(/C=N\NC(=O)C(=O)NCc2ccc(C)cc2)ccc1OCC(=O)Nc1ccc(Br)cc1C. The third-order valence-electron chi connectivity index (χ3n) is 5.17. The van der Waals surface area contributed by atoms with E-state index in [4.69, 9.17) is 9.47 Å². The van der Waals surface area contributed by atoms with Gasteiger partial charge in [0, 0.05) is 16.7 Å². The Hall–Kier alpha value is -4.18. The number of carbonyl (C=O) groups excluding carboxylic acids is 3. The van der Waals surface area contributed by atoms with E-state index < -0.39 is 11.8 Å². The zero-order chi connectivity index (χ0) is 26.8. The number of nitrogens with one attached hydrogen (secondary N) is 3. The van der Waals surface area contributed by atoms with Crippen LogP contribution in [0.25, 0.3) is 0 Å². The molecule has 0 spiro atoms. The van der Waals surface area contributed by atoms with Gasteiger partial charge < -0.3 is 20.1 Å². The second kappa shape index (κ2) is 13.2. The van der Waals surface area contributed by atoms with Gasteiger partial charge in [-0.05, 0) is 66.9 Å². The molecule has 0 saturated carbocycles. The Balaban J connectivity index is 1.49. The molecule has 37 heavy (non-hydrogen) atoms. The highest BCUT2D eigenvalue weighted by Gasteiger charge is 2.13. The first-order chi connectivity index (χ1) is 17.7. The normalized spacial score (nSPS) is 10.6. The molecule has 0 aliphatic heterocycles. The van der Waals surface area contributed by atoms with Crippen LogP contribution in [0.4, 0.5) is 5.69 Å². The summed E-state index contributed by atoms with van der Waals surface area (Å²) < 4.78 is 11.9. The summed E-state index contributed by atoms with van der Waals surface area (Å²) in [6.07, 6.45) is 1.36. The lowest BCUT2D eigenvalue weighted by Gasteiger charge is -2.12. The van der Waals surface area contributed by atoms with Crippen LogP contribution in [0.2, 0.25) is 0 Å². The molecule has 0 aliphatic rings. The maximum Gasteiger partial charge on any atom is 0.329 e. The number of nitrogens with zero attached hydrogens (tertiary/aromatic N) is 1. The molecule has 3 aromatic carbocycles. The molecule has 10 heteroatoms. The molecule has 0 aliphatic carbocycles. The van der Waals surface area contributed by atoms with Crippen LogP contribution >= 0.6 is 15.9 Å². The van der Waals surface area contributed by atoms with Crippen molar-refractivity contribution in [3.05, 3.63) is 87.4 Å². The molecule has 0 bridgehead atoms. The Labute approximate surface area is 223 Å². The summed E-state index contributed by atoms with van der Waals surface area (Å²) in [7, 11) is 1.47. The van der Waals surface area contributed by atoms with Crippen molar-refractivity contribution in [3.63, 3.8) is 0 Å². The number of amides is 3. The van der Waals surface area contributed by atoms with E-state index in [-0.39, 0.29) is 19.1 Å². The van der Waals surface area contributed by atoms with Crippen LogP contribution in [-0.2, 0) is 20.9 Å². The molecule has 9 nitrogen and oxygen atoms in total. The highest BCUT2D eigenvalue weighted by Crippen LogP contribution is 2.27. The Morgan fingerprint density at radius 1 is 0.946 bits per heavy atom. The number of hydrogen-bond acceptors (Lipinski definition) is 6. The van der Waals surface area contributed by atoms with Gasteiger partial charge in [-0.2, -0.15) is 5.10 Å². The van der Waals surface area contributed by atoms with E-state index in [9.17, 15) is 14.4 Å². The minimum atomic E-state index is -0.887. The first-order valence-corrected chi connectivity index (χ1v) is 12.1. The summed E-state index contributed by atoms with van der Waals surface area (Å²) >= 11 is 3.39. The van der Waals surface area contributed by atoms with Crippen LogP contribution < -0.4 is 25.5 Å². The minimum absolute atomic E-state index is 0.215. The van der Waals surface area contributed by atoms with Crippen LogP contribution in [0.5, 0.6) is 11.5 Å². The van der Waals surface area contributed by atoms with Crippen molar-refractivity contribution in [1.29, 1.82) is 0 Å². The van der Waals surface area contributed by atoms with E-state index in [1.54, 1.807) is 24.3 Å². The van der Waals surface area contributed by atoms with Crippen molar-refractivity contribution in [2.24, 2.45) is 5.10 Å². The number of carbonyl (C=O) groups is 3. The van der Waals surface area contributed by atoms with Gasteiger partial charge in [0.15, 0.2) is 18.1 Å². The Bertz CT molecular complexity index is 1310. The number of benzene rings is 3. The molecule has 0 atom stereocenters. The predicted molar refractivity (Wildman–Crippen MR) is 145 cm³/mol. The maximum atomic E-state index is 12.3. The standard InChI is InChI=1S/C27H27BrN4O5/c1-17-4-6-19(7-5-17)14-29-26(34)27(35)32-30-15-20-8-11-23(24(13-20)36-3)37-16-25(33)31-22-10-9-21(28)12-18(22)2/h4-13,15H,14,16H2,1-3H3,(H,29,34)(H,31,33)(H,32,35)/b30-15-. The molecule has 0 fully saturated rings. The Morgan fingerprint density at radius 3 is 2.41 bits per heavy atom. The third kappa shape index (κ3) is 8.46. The largest absolute Gasteiger partial charge is 0.493 e. The summed E-state index contributed by atoms with van der Waals surface area (Å²) in [5.74, 6) is -1.26. The van der Waals surface area contributed by atoms with Gasteiger partial charge in [-0.3, -0.25) is 14.4 Å². The van der Waals surface area contributed by atoms with Crippen LogP contribution in [0, 0.1) is 13.8 Å². The molecule has 3 aromatic rings. The van der Waals surface area contributed by atoms with Gasteiger partial charge in [0.05, 0.1) is 13.3 Å². The second-order valence-corrected chi connectivity index (χ2v) is 8.99. The van der Waals surface area contributed by atoms with Crippen LogP contribution in [0.3, 0.4) is 0 Å². The summed E-state index contributed by atoms with van der Waals surface area (Å²) in [6.45, 7) is 3.88. The number of hydrazone groups is 1. The first kappa shape index (κ1) is 27.4. The quantitative estimate of drug-likeness (QED) is 0.206. The molecular formula is C27H27BrN4O5. The third-order valence-corrected chi connectivity index (χ3v) is 5.66. The molecule has 0 radical (unpaired) electrons. The summed E-state index contributed by atoms with van der Waals surface area (Å²) in [4.78, 5) is 36.3. The summed E-state index contributed by atoms with van der Waals surface area (Å²) in [5.41, 5.74) is 6.37. The molecule has 3 rings (SSSR count). The van der Waals surface area contributed by atoms with Gasteiger partial charge in [0.1, 0.15) is 0 Å². The van der Waals surface area contributed by atoms with Crippen LogP contribution in [0.1, 0.15) is 22.3 Å². The van der Waals surface area contributed by atoms with Crippen molar-refractivity contribution in [3.8, 4) is 11.5 Å². The van der Waals surface area contributed by atoms with Gasteiger partial charge >= 0.3 is 11.8 Å². The molecule has 192 valence electrons. The average molecular weight is 567 g/mol. The topological polar surface area (TPSA) is 118 Å². The van der Waals surface area contributed by atoms with Gasteiger partial charge in [0.2, 0.25) is 0 Å². The lowest BCUT2D eigenvalue weighted by Crippen LogP contribution is -2.37. The highest BCUT2D eigenvalue weighted by atomic mass is 79.9. The lowest BCUT2D eigenvalue weighted by molar-refractivity contribution is -0.139. The van der Waals surface area contributed by atoms with Crippen molar-refractivity contribution in [2.75, 3.05) is 19.0 Å². The fourth-order valence-corrected chi connectivity index (χ4v) is 3.64. The van der Waals surface area contributed by atoms with E-state index >= 15 is 0 Å². The number of ether oxygens (including phenoxy) is 2. The van der Waals surface area contributed by atoms with Gasteiger partial charge in [0.25, 0.3) is 5.91 Å². The van der Waals surface area contributed by atoms with E-state index in [0.29, 0.717) is 22.7 Å². The number of rotatable bonds is 9. The zero-order valence-electron chi connectivity index (χ0n) is 20.6. The average Bonchev–Trinajstić information content (AvgIpc) is 2.88. The zero-order valence-corrected chi connectivity index (χ0v) is 22.2. The molecule has 3 N–H and O–H groups in total. The van der Waals surface area contributed by atoms with Crippen molar-refractivity contribution in [2.45, 2.75) is 20.4 Å². The smallest absolute Gasteiger partial charge is 0.329 e. The predicted octanol–water partition coefficient (Wildman–Crippen LogP) is 3.86. The molecule has 0 heterocycles. The molecule has 0 unspecified atom stereocenters. The lowest BCUT2D eigenvalue weighted by atomic mass is 10.1. The fourth-order valence-electron chi connectivity index (χ4n) is 3.17. The Morgan fingerprint density at radius 2 is 1.70 bits per heavy atom. The number of methoxy groups -OCH3 is 1. The maximum absolute atomic E-state index is 12.3.